The predicted octanol–water partition coefficient (Wildman–Crippen LogP) is 1.14. The highest BCUT2D eigenvalue weighted by Gasteiger charge is 2.78. The normalized spacial score (nSPS) is 43.0. The summed E-state index contributed by atoms with van der Waals surface area (Å²) in [5.41, 5.74) is 0.871. The van der Waals surface area contributed by atoms with Crippen LogP contribution in [0.25, 0.3) is 0 Å². The molecule has 2 saturated carbocycles. The third-order valence-electron chi connectivity index (χ3n) is 8.94. The molecule has 0 aromatic heterocycles. The van der Waals surface area contributed by atoms with Gasteiger partial charge < -0.3 is 24.4 Å². The van der Waals surface area contributed by atoms with Crippen LogP contribution in [-0.2, 0) is 20.6 Å². The first-order valence-corrected chi connectivity index (χ1v) is 11.2. The predicted molar refractivity (Wildman–Crippen MR) is 114 cm³/mol. The van der Waals surface area contributed by atoms with Crippen LogP contribution in [0.2, 0.25) is 0 Å². The Morgan fingerprint density at radius 1 is 1.23 bits per heavy atom. The smallest absolute Gasteiger partial charge is 0.220 e. The lowest BCUT2D eigenvalue weighted by Crippen LogP contribution is -2.74. The fraction of sp³-hybridized carbons (Fsp3) is 0.708. The number of aromatic hydroxyl groups is 1. The highest BCUT2D eigenvalue weighted by atomic mass is 16.5. The SMILES string of the molecule is CCN1CC2(COC)C(O)CC(OC)C34Cc5cc(=O)c(O)ccc5C(C(OC)C23)C14. The number of rotatable bonds is 5. The number of hydrogen-bond acceptors (Lipinski definition) is 7. The molecule has 1 saturated heterocycles. The number of likely N-dealkylation sites (tertiary alicyclic amines) is 1. The lowest BCUT2D eigenvalue weighted by Gasteiger charge is -2.66. The number of piperidine rings is 1. The third-order valence-corrected chi connectivity index (χ3v) is 8.94. The monoisotopic (exact) mass is 431 g/mol. The minimum atomic E-state index is -0.571. The molecule has 1 spiro atoms. The van der Waals surface area contributed by atoms with Crippen LogP contribution < -0.4 is 5.43 Å². The second-order valence-corrected chi connectivity index (χ2v) is 9.85. The highest BCUT2D eigenvalue weighted by molar-refractivity contribution is 5.46. The molecular weight excluding hydrogens is 398 g/mol. The Kier molecular flexibility index (Phi) is 4.99. The number of likely N-dealkylation sites (N-methyl/N-ethyl adjacent to an activating group) is 1. The molecule has 1 aliphatic heterocycles. The van der Waals surface area contributed by atoms with E-state index in [1.54, 1.807) is 27.4 Å². The summed E-state index contributed by atoms with van der Waals surface area (Å²) >= 11 is 0. The van der Waals surface area contributed by atoms with Gasteiger partial charge in [0.15, 0.2) is 5.75 Å². The van der Waals surface area contributed by atoms with Gasteiger partial charge >= 0.3 is 0 Å². The van der Waals surface area contributed by atoms with E-state index in [2.05, 4.69) is 11.8 Å². The molecule has 2 N–H and O–H groups in total. The van der Waals surface area contributed by atoms with Crippen molar-refractivity contribution in [1.82, 2.24) is 4.90 Å². The van der Waals surface area contributed by atoms with Crippen LogP contribution in [0.3, 0.4) is 0 Å². The third kappa shape index (κ3) is 2.50. The topological polar surface area (TPSA) is 88.5 Å². The Labute approximate surface area is 182 Å². The van der Waals surface area contributed by atoms with Gasteiger partial charge in [0.1, 0.15) is 0 Å². The van der Waals surface area contributed by atoms with E-state index in [0.717, 1.165) is 24.2 Å². The second-order valence-electron chi connectivity index (χ2n) is 9.85. The molecule has 3 aliphatic carbocycles. The van der Waals surface area contributed by atoms with Crippen molar-refractivity contribution < 1.29 is 24.4 Å². The van der Waals surface area contributed by atoms with Gasteiger partial charge in [-0.2, -0.15) is 0 Å². The largest absolute Gasteiger partial charge is 0.504 e. The van der Waals surface area contributed by atoms with Crippen molar-refractivity contribution in [3.8, 4) is 5.75 Å². The lowest BCUT2D eigenvalue weighted by atomic mass is 9.47. The number of hydrogen-bond donors (Lipinski definition) is 2. The fourth-order valence-electron chi connectivity index (χ4n) is 8.14. The zero-order chi connectivity index (χ0) is 22.1. The van der Waals surface area contributed by atoms with Crippen molar-refractivity contribution in [2.24, 2.45) is 16.7 Å². The number of nitrogens with zero attached hydrogens (tertiary/aromatic N) is 1. The molecule has 8 atom stereocenters. The first-order chi connectivity index (χ1) is 14.9. The van der Waals surface area contributed by atoms with Gasteiger partial charge in [-0.1, -0.05) is 13.0 Å². The highest BCUT2D eigenvalue weighted by Crippen LogP contribution is 2.71. The van der Waals surface area contributed by atoms with Crippen molar-refractivity contribution >= 4 is 0 Å². The summed E-state index contributed by atoms with van der Waals surface area (Å²) in [6.07, 6.45) is 0.312. The molecule has 1 aromatic rings. The molecule has 5 bridgehead atoms. The number of fused-ring (bicyclic) bond motifs is 2. The minimum Gasteiger partial charge on any atom is -0.504 e. The van der Waals surface area contributed by atoms with Crippen LogP contribution >= 0.6 is 0 Å². The maximum atomic E-state index is 12.5. The van der Waals surface area contributed by atoms with Gasteiger partial charge in [-0.15, -0.1) is 0 Å². The summed E-state index contributed by atoms with van der Waals surface area (Å²) < 4.78 is 18.1. The van der Waals surface area contributed by atoms with E-state index in [0.29, 0.717) is 19.4 Å². The molecule has 7 nitrogen and oxygen atoms in total. The molecule has 170 valence electrons. The quantitative estimate of drug-likeness (QED) is 0.723. The molecule has 1 aromatic carbocycles. The summed E-state index contributed by atoms with van der Waals surface area (Å²) in [5, 5.41) is 21.6. The van der Waals surface area contributed by atoms with Crippen molar-refractivity contribution in [1.29, 1.82) is 0 Å². The van der Waals surface area contributed by atoms with E-state index in [4.69, 9.17) is 14.2 Å². The van der Waals surface area contributed by atoms with Crippen LogP contribution in [0.1, 0.15) is 30.4 Å². The van der Waals surface area contributed by atoms with E-state index in [-0.39, 0.29) is 46.7 Å². The van der Waals surface area contributed by atoms with Crippen LogP contribution in [0.4, 0.5) is 0 Å². The van der Waals surface area contributed by atoms with Crippen LogP contribution in [-0.4, -0.2) is 80.5 Å². The van der Waals surface area contributed by atoms with E-state index in [1.165, 1.54) is 6.07 Å². The van der Waals surface area contributed by atoms with E-state index >= 15 is 0 Å². The van der Waals surface area contributed by atoms with Crippen molar-refractivity contribution in [2.75, 3.05) is 41.0 Å². The molecule has 4 aliphatic rings. The summed E-state index contributed by atoms with van der Waals surface area (Å²) in [6, 6.07) is 5.18. The number of aliphatic hydroxyl groups excluding tert-OH is 1. The minimum absolute atomic E-state index is 0.0200. The summed E-state index contributed by atoms with van der Waals surface area (Å²) in [5.74, 6) is -0.187. The molecule has 5 rings (SSSR count). The molecule has 1 heterocycles. The molecule has 0 amide bonds. The van der Waals surface area contributed by atoms with Gasteiger partial charge in [0.25, 0.3) is 0 Å². The van der Waals surface area contributed by atoms with E-state index < -0.39 is 11.5 Å². The summed E-state index contributed by atoms with van der Waals surface area (Å²) in [6.45, 7) is 4.19. The maximum Gasteiger partial charge on any atom is 0.220 e. The second kappa shape index (κ2) is 7.25. The first kappa shape index (κ1) is 21.3. The number of ether oxygens (including phenoxy) is 3. The van der Waals surface area contributed by atoms with Crippen molar-refractivity contribution in [2.45, 2.75) is 50.0 Å². The number of methoxy groups -OCH3 is 3. The summed E-state index contributed by atoms with van der Waals surface area (Å²) in [7, 11) is 5.17. The Morgan fingerprint density at radius 2 is 2.00 bits per heavy atom. The zero-order valence-electron chi connectivity index (χ0n) is 18.7. The number of aliphatic hydroxyl groups is 1. The standard InChI is InChI=1S/C24H33NO6/c1-5-25-11-23(12-29-2)17(28)9-18(30-3)24-10-13-8-16(27)15(26)7-6-14(13)19(22(24)25)20(31-4)21(23)24/h6-8,17-22,28H,5,9-12H2,1-4H3,(H,26,27). The fourth-order valence-corrected chi connectivity index (χ4v) is 8.14. The molecular formula is C24H33NO6. The molecule has 31 heavy (non-hydrogen) atoms. The Morgan fingerprint density at radius 3 is 2.65 bits per heavy atom. The maximum absolute atomic E-state index is 12.5. The zero-order valence-corrected chi connectivity index (χ0v) is 18.7. The van der Waals surface area contributed by atoms with Crippen LogP contribution in [0.15, 0.2) is 23.0 Å². The van der Waals surface area contributed by atoms with Gasteiger partial charge in [0, 0.05) is 63.0 Å². The van der Waals surface area contributed by atoms with Gasteiger partial charge in [0.05, 0.1) is 24.9 Å². The van der Waals surface area contributed by atoms with Crippen molar-refractivity contribution in [3.05, 3.63) is 39.5 Å². The van der Waals surface area contributed by atoms with Gasteiger partial charge in [-0.25, -0.2) is 0 Å². The molecule has 3 fully saturated rings. The lowest BCUT2D eigenvalue weighted by molar-refractivity contribution is -0.253. The average Bonchev–Trinajstić information content (AvgIpc) is 2.84. The van der Waals surface area contributed by atoms with Crippen molar-refractivity contribution in [3.63, 3.8) is 0 Å². The molecule has 8 unspecified atom stereocenters. The Bertz CT molecular complexity index is 939. The van der Waals surface area contributed by atoms with Gasteiger partial charge in [-0.05, 0) is 36.2 Å². The molecule has 0 radical (unpaired) electrons. The Hall–Kier alpha value is -1.51. The molecule has 7 heteroatoms. The van der Waals surface area contributed by atoms with Gasteiger partial charge in [-0.3, -0.25) is 9.69 Å². The van der Waals surface area contributed by atoms with Crippen LogP contribution in [0, 0.1) is 16.7 Å². The van der Waals surface area contributed by atoms with Crippen LogP contribution in [0.5, 0.6) is 5.75 Å². The van der Waals surface area contributed by atoms with Gasteiger partial charge in [0.2, 0.25) is 5.43 Å². The Balaban J connectivity index is 1.83. The van der Waals surface area contributed by atoms with E-state index in [1.807, 2.05) is 6.07 Å². The summed E-state index contributed by atoms with van der Waals surface area (Å²) in [4.78, 5) is 15.0. The average molecular weight is 432 g/mol. The first-order valence-electron chi connectivity index (χ1n) is 11.2. The van der Waals surface area contributed by atoms with E-state index in [9.17, 15) is 15.0 Å².